The Morgan fingerprint density at radius 2 is 2.57 bits per heavy atom. The third-order valence-corrected chi connectivity index (χ3v) is 2.32. The van der Waals surface area contributed by atoms with Crippen molar-refractivity contribution < 1.29 is 9.53 Å². The van der Waals surface area contributed by atoms with E-state index in [4.69, 9.17) is 4.74 Å². The fraction of sp³-hybridized carbons (Fsp3) is 0.364. The summed E-state index contributed by atoms with van der Waals surface area (Å²) >= 11 is 2.18. The van der Waals surface area contributed by atoms with Gasteiger partial charge in [0.1, 0.15) is 6.10 Å². The number of hydrogen-bond acceptors (Lipinski definition) is 2. The monoisotopic (exact) mass is 304 g/mol. The van der Waals surface area contributed by atoms with Crippen LogP contribution < -0.4 is 0 Å². The summed E-state index contributed by atoms with van der Waals surface area (Å²) < 4.78 is 7.09. The molecule has 0 N–H and O–H groups in total. The van der Waals surface area contributed by atoms with Crippen LogP contribution in [0.2, 0.25) is 0 Å². The zero-order chi connectivity index (χ0) is 10.4. The highest BCUT2D eigenvalue weighted by molar-refractivity contribution is 14.1. The topological polar surface area (TPSA) is 26.3 Å². The van der Waals surface area contributed by atoms with Crippen LogP contribution in [-0.2, 0) is 9.53 Å². The maximum atomic E-state index is 10.9. The molecule has 0 bridgehead atoms. The Labute approximate surface area is 97.9 Å². The van der Waals surface area contributed by atoms with Crippen molar-refractivity contribution in [3.8, 4) is 0 Å². The third-order valence-electron chi connectivity index (χ3n) is 1.96. The molecule has 0 aromatic heterocycles. The van der Waals surface area contributed by atoms with Gasteiger partial charge in [-0.15, -0.1) is 0 Å². The highest BCUT2D eigenvalue weighted by Crippen LogP contribution is 2.13. The molecule has 2 nitrogen and oxygen atoms in total. The zero-order valence-corrected chi connectivity index (χ0v) is 10.2. The molecule has 0 unspecified atom stereocenters. The summed E-state index contributed by atoms with van der Waals surface area (Å²) in [5.74, 6) is -0.225. The minimum atomic E-state index is -0.225. The van der Waals surface area contributed by atoms with Gasteiger partial charge in [0, 0.05) is 18.9 Å². The normalized spacial score (nSPS) is 22.9. The fourth-order valence-electron chi connectivity index (χ4n) is 1.20. The molecule has 1 aliphatic heterocycles. The third kappa shape index (κ3) is 4.09. The van der Waals surface area contributed by atoms with Crippen LogP contribution in [-0.4, -0.2) is 12.1 Å². The van der Waals surface area contributed by atoms with Crippen molar-refractivity contribution in [1.82, 2.24) is 0 Å². The SMILES string of the molecule is CC(/C=C\I)=C\C[C@@H]1CC=CC(=O)O1. The Bertz CT molecular complexity index is 290. The summed E-state index contributed by atoms with van der Waals surface area (Å²) in [6.07, 6.45) is 9.11. The van der Waals surface area contributed by atoms with Crippen LogP contribution in [0.1, 0.15) is 19.8 Å². The van der Waals surface area contributed by atoms with E-state index in [0.717, 1.165) is 12.8 Å². The molecule has 0 spiro atoms. The predicted molar refractivity (Wildman–Crippen MR) is 65.2 cm³/mol. The highest BCUT2D eigenvalue weighted by Gasteiger charge is 2.13. The van der Waals surface area contributed by atoms with Crippen LogP contribution >= 0.6 is 22.6 Å². The minimum Gasteiger partial charge on any atom is -0.459 e. The second-order valence-corrected chi connectivity index (χ2v) is 3.89. The molecule has 1 heterocycles. The average molecular weight is 304 g/mol. The van der Waals surface area contributed by atoms with Crippen LogP contribution in [0.5, 0.6) is 0 Å². The van der Waals surface area contributed by atoms with Gasteiger partial charge < -0.3 is 4.74 Å². The molecule has 0 aromatic rings. The van der Waals surface area contributed by atoms with Crippen molar-refractivity contribution in [3.63, 3.8) is 0 Å². The van der Waals surface area contributed by atoms with E-state index in [9.17, 15) is 4.79 Å². The number of carbonyl (C=O) groups excluding carboxylic acids is 1. The number of carbonyl (C=O) groups is 1. The van der Waals surface area contributed by atoms with E-state index in [1.54, 1.807) is 0 Å². The Kier molecular flexibility index (Phi) is 4.93. The first kappa shape index (κ1) is 11.5. The van der Waals surface area contributed by atoms with E-state index >= 15 is 0 Å². The van der Waals surface area contributed by atoms with Crippen molar-refractivity contribution in [2.75, 3.05) is 0 Å². The Balaban J connectivity index is 2.42. The maximum Gasteiger partial charge on any atom is 0.330 e. The molecule has 3 heteroatoms. The molecular weight excluding hydrogens is 291 g/mol. The summed E-state index contributed by atoms with van der Waals surface area (Å²) in [5.41, 5.74) is 1.20. The number of halogens is 1. The second-order valence-electron chi connectivity index (χ2n) is 3.17. The van der Waals surface area contributed by atoms with Crippen molar-refractivity contribution in [3.05, 3.63) is 34.0 Å². The number of esters is 1. The van der Waals surface area contributed by atoms with Gasteiger partial charge in [-0.05, 0) is 11.0 Å². The number of rotatable bonds is 3. The van der Waals surface area contributed by atoms with E-state index in [1.165, 1.54) is 11.6 Å². The van der Waals surface area contributed by atoms with Crippen LogP contribution in [0.25, 0.3) is 0 Å². The van der Waals surface area contributed by atoms with Crippen LogP contribution in [0.15, 0.2) is 34.0 Å². The molecule has 0 saturated carbocycles. The first-order valence-electron chi connectivity index (χ1n) is 4.53. The van der Waals surface area contributed by atoms with Gasteiger partial charge in [0.15, 0.2) is 0 Å². The molecule has 14 heavy (non-hydrogen) atoms. The molecule has 0 amide bonds. The van der Waals surface area contributed by atoms with Crippen LogP contribution in [0.3, 0.4) is 0 Å². The van der Waals surface area contributed by atoms with Gasteiger partial charge >= 0.3 is 5.97 Å². The first-order chi connectivity index (χ1) is 6.72. The number of hydrogen-bond donors (Lipinski definition) is 0. The van der Waals surface area contributed by atoms with Gasteiger partial charge in [-0.3, -0.25) is 0 Å². The van der Waals surface area contributed by atoms with Crippen molar-refractivity contribution in [2.24, 2.45) is 0 Å². The second kappa shape index (κ2) is 6.01. The van der Waals surface area contributed by atoms with E-state index in [1.807, 2.05) is 23.2 Å². The average Bonchev–Trinajstić information content (AvgIpc) is 2.15. The van der Waals surface area contributed by atoms with Crippen molar-refractivity contribution >= 4 is 28.6 Å². The molecule has 1 rings (SSSR count). The molecule has 0 fully saturated rings. The molecule has 0 saturated heterocycles. The van der Waals surface area contributed by atoms with E-state index < -0.39 is 0 Å². The van der Waals surface area contributed by atoms with Gasteiger partial charge in [-0.2, -0.15) is 0 Å². The Hall–Kier alpha value is -0.580. The lowest BCUT2D eigenvalue weighted by Gasteiger charge is -2.16. The number of ether oxygens (including phenoxy) is 1. The largest absolute Gasteiger partial charge is 0.459 e. The molecule has 1 aliphatic rings. The van der Waals surface area contributed by atoms with Gasteiger partial charge in [0.2, 0.25) is 0 Å². The van der Waals surface area contributed by atoms with E-state index in [0.29, 0.717) is 0 Å². The van der Waals surface area contributed by atoms with Crippen molar-refractivity contribution in [1.29, 1.82) is 0 Å². The lowest BCUT2D eigenvalue weighted by Crippen LogP contribution is -2.18. The van der Waals surface area contributed by atoms with Gasteiger partial charge in [0.25, 0.3) is 0 Å². The van der Waals surface area contributed by atoms with Crippen LogP contribution in [0.4, 0.5) is 0 Å². The fourth-order valence-corrected chi connectivity index (χ4v) is 1.76. The molecule has 1 atom stereocenters. The van der Waals surface area contributed by atoms with Gasteiger partial charge in [0.05, 0.1) is 0 Å². The predicted octanol–water partition coefficient (Wildman–Crippen LogP) is 3.14. The summed E-state index contributed by atoms with van der Waals surface area (Å²) in [6.45, 7) is 2.04. The molecule has 76 valence electrons. The number of cyclic esters (lactones) is 1. The number of allylic oxidation sites excluding steroid dienone is 2. The van der Waals surface area contributed by atoms with E-state index in [2.05, 4.69) is 28.7 Å². The lowest BCUT2D eigenvalue weighted by atomic mass is 10.1. The molecule has 0 radical (unpaired) electrons. The Morgan fingerprint density at radius 3 is 3.21 bits per heavy atom. The first-order valence-corrected chi connectivity index (χ1v) is 5.77. The highest BCUT2D eigenvalue weighted by atomic mass is 127. The maximum absolute atomic E-state index is 10.9. The van der Waals surface area contributed by atoms with Crippen LogP contribution in [0, 0.1) is 0 Å². The summed E-state index contributed by atoms with van der Waals surface area (Å²) in [6, 6.07) is 0. The standard InChI is InChI=1S/C11H13IO2/c1-9(7-8-12)5-6-10-3-2-4-11(13)14-10/h2,4-5,7-8,10H,3,6H2,1H3/b8-7-,9-5+/t10-/m0/s1. The minimum absolute atomic E-state index is 0.0186. The summed E-state index contributed by atoms with van der Waals surface area (Å²) in [4.78, 5) is 10.9. The molecule has 0 aromatic carbocycles. The van der Waals surface area contributed by atoms with Gasteiger partial charge in [-0.1, -0.05) is 46.4 Å². The molecular formula is C11H13IO2. The summed E-state index contributed by atoms with van der Waals surface area (Å²) in [7, 11) is 0. The lowest BCUT2D eigenvalue weighted by molar-refractivity contribution is -0.143. The van der Waals surface area contributed by atoms with E-state index in [-0.39, 0.29) is 12.1 Å². The Morgan fingerprint density at radius 1 is 1.79 bits per heavy atom. The quantitative estimate of drug-likeness (QED) is 0.455. The molecule has 0 aliphatic carbocycles. The zero-order valence-electron chi connectivity index (χ0n) is 8.07. The van der Waals surface area contributed by atoms with Crippen molar-refractivity contribution in [2.45, 2.75) is 25.9 Å². The van der Waals surface area contributed by atoms with Gasteiger partial charge in [-0.25, -0.2) is 4.79 Å². The summed E-state index contributed by atoms with van der Waals surface area (Å²) in [5, 5.41) is 0. The smallest absolute Gasteiger partial charge is 0.330 e.